The summed E-state index contributed by atoms with van der Waals surface area (Å²) in [6, 6.07) is 0.163. The molecule has 0 unspecified atom stereocenters. The van der Waals surface area contributed by atoms with E-state index in [1.165, 1.54) is 5.56 Å². The highest BCUT2D eigenvalue weighted by atomic mass is 16.2. The van der Waals surface area contributed by atoms with Crippen molar-refractivity contribution in [1.82, 2.24) is 20.4 Å². The largest absolute Gasteiger partial charge is 0.352 e. The molecule has 0 radical (unpaired) electrons. The fourth-order valence-electron chi connectivity index (χ4n) is 1.90. The van der Waals surface area contributed by atoms with Crippen molar-refractivity contribution in [2.24, 2.45) is 0 Å². The molecule has 0 aliphatic rings. The Morgan fingerprint density at radius 2 is 2.06 bits per heavy atom. The molecule has 1 amide bonds. The van der Waals surface area contributed by atoms with E-state index in [-0.39, 0.29) is 18.5 Å². The minimum Gasteiger partial charge on any atom is -0.352 e. The molecule has 0 saturated carbocycles. The summed E-state index contributed by atoms with van der Waals surface area (Å²) in [7, 11) is 0. The summed E-state index contributed by atoms with van der Waals surface area (Å²) in [5.74, 6) is 0.00519. The Labute approximate surface area is 109 Å². The third-order valence-corrected chi connectivity index (χ3v) is 2.83. The van der Waals surface area contributed by atoms with Crippen molar-refractivity contribution in [3.63, 3.8) is 0 Å². The van der Waals surface area contributed by atoms with Crippen LogP contribution in [0.2, 0.25) is 0 Å². The Balaban J connectivity index is 2.75. The number of carbonyl (C=O) groups excluding carboxylic acids is 1. The van der Waals surface area contributed by atoms with Gasteiger partial charge in [-0.05, 0) is 34.2 Å². The molecule has 0 spiro atoms. The number of nitrogens with one attached hydrogen (secondary N) is 2. The second-order valence-corrected chi connectivity index (χ2v) is 4.81. The van der Waals surface area contributed by atoms with E-state index in [1.807, 2.05) is 27.7 Å². The van der Waals surface area contributed by atoms with Gasteiger partial charge in [0, 0.05) is 23.8 Å². The second kappa shape index (κ2) is 6.54. The highest BCUT2D eigenvalue weighted by molar-refractivity contribution is 5.76. The Hall–Kier alpha value is -1.36. The highest BCUT2D eigenvalue weighted by Crippen LogP contribution is 2.12. The summed E-state index contributed by atoms with van der Waals surface area (Å²) in [6.45, 7) is 12.0. The zero-order chi connectivity index (χ0) is 13.7. The first-order chi connectivity index (χ1) is 8.45. The first kappa shape index (κ1) is 14.7. The third-order valence-electron chi connectivity index (χ3n) is 2.83. The molecule has 5 nitrogen and oxygen atoms in total. The maximum absolute atomic E-state index is 11.7. The van der Waals surface area contributed by atoms with E-state index in [9.17, 15) is 4.79 Å². The van der Waals surface area contributed by atoms with Crippen LogP contribution in [-0.4, -0.2) is 28.3 Å². The standard InChI is InChI=1S/C13H24N4O/c1-6-14-7-12-10(4)16-17(11(12)5)8-13(18)15-9(2)3/h9,14H,6-8H2,1-5H3,(H,15,18). The van der Waals surface area contributed by atoms with Gasteiger partial charge >= 0.3 is 0 Å². The van der Waals surface area contributed by atoms with Crippen molar-refractivity contribution in [1.29, 1.82) is 0 Å². The van der Waals surface area contributed by atoms with E-state index in [4.69, 9.17) is 0 Å². The number of hydrogen-bond acceptors (Lipinski definition) is 3. The van der Waals surface area contributed by atoms with Gasteiger partial charge in [-0.15, -0.1) is 0 Å². The number of nitrogens with zero attached hydrogens (tertiary/aromatic N) is 2. The average molecular weight is 252 g/mol. The van der Waals surface area contributed by atoms with Crippen molar-refractivity contribution in [3.8, 4) is 0 Å². The first-order valence-electron chi connectivity index (χ1n) is 6.48. The molecule has 0 saturated heterocycles. The number of rotatable bonds is 6. The number of aromatic nitrogens is 2. The molecule has 5 heteroatoms. The van der Waals surface area contributed by atoms with Crippen molar-refractivity contribution in [2.75, 3.05) is 6.54 Å². The predicted molar refractivity (Wildman–Crippen MR) is 72.4 cm³/mol. The minimum atomic E-state index is 0.00519. The zero-order valence-electron chi connectivity index (χ0n) is 12.0. The maximum Gasteiger partial charge on any atom is 0.241 e. The monoisotopic (exact) mass is 252 g/mol. The van der Waals surface area contributed by atoms with E-state index in [0.29, 0.717) is 0 Å². The number of amides is 1. The number of aryl methyl sites for hydroxylation is 1. The minimum absolute atomic E-state index is 0.00519. The van der Waals surface area contributed by atoms with Gasteiger partial charge in [-0.2, -0.15) is 5.10 Å². The maximum atomic E-state index is 11.7. The van der Waals surface area contributed by atoms with Crippen molar-refractivity contribution >= 4 is 5.91 Å². The van der Waals surface area contributed by atoms with Gasteiger partial charge in [0.1, 0.15) is 6.54 Å². The molecule has 0 aliphatic carbocycles. The van der Waals surface area contributed by atoms with Crippen LogP contribution in [-0.2, 0) is 17.9 Å². The third kappa shape index (κ3) is 3.84. The summed E-state index contributed by atoms with van der Waals surface area (Å²) in [5, 5.41) is 10.6. The summed E-state index contributed by atoms with van der Waals surface area (Å²) in [4.78, 5) is 11.7. The van der Waals surface area contributed by atoms with Crippen LogP contribution in [0.4, 0.5) is 0 Å². The summed E-state index contributed by atoms with van der Waals surface area (Å²) in [5.41, 5.74) is 3.24. The molecular weight excluding hydrogens is 228 g/mol. The SMILES string of the molecule is CCNCc1c(C)nn(CC(=O)NC(C)C)c1C. The van der Waals surface area contributed by atoms with Gasteiger partial charge in [-0.1, -0.05) is 6.92 Å². The Bertz CT molecular complexity index is 409. The van der Waals surface area contributed by atoms with Gasteiger partial charge in [-0.25, -0.2) is 0 Å². The number of hydrogen-bond donors (Lipinski definition) is 2. The molecule has 1 aromatic rings. The smallest absolute Gasteiger partial charge is 0.241 e. The van der Waals surface area contributed by atoms with Crippen molar-refractivity contribution in [2.45, 2.75) is 53.8 Å². The van der Waals surface area contributed by atoms with Gasteiger partial charge < -0.3 is 10.6 Å². The van der Waals surface area contributed by atoms with Crippen LogP contribution >= 0.6 is 0 Å². The predicted octanol–water partition coefficient (Wildman–Crippen LogP) is 1.13. The molecule has 102 valence electrons. The van der Waals surface area contributed by atoms with Gasteiger partial charge in [0.2, 0.25) is 5.91 Å². The van der Waals surface area contributed by atoms with E-state index >= 15 is 0 Å². The van der Waals surface area contributed by atoms with Crippen LogP contribution < -0.4 is 10.6 Å². The van der Waals surface area contributed by atoms with Crippen LogP contribution in [0.1, 0.15) is 37.7 Å². The topological polar surface area (TPSA) is 59.0 Å². The summed E-state index contributed by atoms with van der Waals surface area (Å²) < 4.78 is 1.78. The lowest BCUT2D eigenvalue weighted by Crippen LogP contribution is -2.33. The van der Waals surface area contributed by atoms with E-state index < -0.39 is 0 Å². The number of carbonyl (C=O) groups is 1. The second-order valence-electron chi connectivity index (χ2n) is 4.81. The molecule has 0 fully saturated rings. The van der Waals surface area contributed by atoms with Gasteiger partial charge in [0.05, 0.1) is 5.69 Å². The molecule has 18 heavy (non-hydrogen) atoms. The lowest BCUT2D eigenvalue weighted by Gasteiger charge is -2.09. The molecule has 1 aromatic heterocycles. The molecule has 0 atom stereocenters. The molecule has 1 rings (SSSR count). The fraction of sp³-hybridized carbons (Fsp3) is 0.692. The first-order valence-corrected chi connectivity index (χ1v) is 6.48. The fourth-order valence-corrected chi connectivity index (χ4v) is 1.90. The highest BCUT2D eigenvalue weighted by Gasteiger charge is 2.13. The van der Waals surface area contributed by atoms with Gasteiger partial charge in [0.15, 0.2) is 0 Å². The molecular formula is C13H24N4O. The Morgan fingerprint density at radius 3 is 2.61 bits per heavy atom. The van der Waals surface area contributed by atoms with E-state index in [0.717, 1.165) is 24.5 Å². The van der Waals surface area contributed by atoms with Crippen LogP contribution in [0.15, 0.2) is 0 Å². The van der Waals surface area contributed by atoms with E-state index in [2.05, 4.69) is 22.7 Å². The Morgan fingerprint density at radius 1 is 1.39 bits per heavy atom. The van der Waals surface area contributed by atoms with Crippen LogP contribution in [0, 0.1) is 13.8 Å². The van der Waals surface area contributed by atoms with Crippen LogP contribution in [0.25, 0.3) is 0 Å². The molecule has 0 bridgehead atoms. The summed E-state index contributed by atoms with van der Waals surface area (Å²) >= 11 is 0. The van der Waals surface area contributed by atoms with E-state index in [1.54, 1.807) is 4.68 Å². The molecule has 0 aromatic carbocycles. The lowest BCUT2D eigenvalue weighted by molar-refractivity contribution is -0.122. The molecule has 0 aliphatic heterocycles. The van der Waals surface area contributed by atoms with Crippen LogP contribution in [0.5, 0.6) is 0 Å². The average Bonchev–Trinajstić information content (AvgIpc) is 2.51. The molecule has 1 heterocycles. The lowest BCUT2D eigenvalue weighted by atomic mass is 10.2. The molecule has 2 N–H and O–H groups in total. The quantitative estimate of drug-likeness (QED) is 0.798. The van der Waals surface area contributed by atoms with Crippen molar-refractivity contribution < 1.29 is 4.79 Å². The van der Waals surface area contributed by atoms with Gasteiger partial charge in [0.25, 0.3) is 0 Å². The zero-order valence-corrected chi connectivity index (χ0v) is 12.0. The summed E-state index contributed by atoms with van der Waals surface area (Å²) in [6.07, 6.45) is 0. The van der Waals surface area contributed by atoms with Gasteiger partial charge in [-0.3, -0.25) is 9.48 Å². The van der Waals surface area contributed by atoms with Crippen LogP contribution in [0.3, 0.4) is 0 Å². The Kier molecular flexibility index (Phi) is 5.34. The van der Waals surface area contributed by atoms with Crippen molar-refractivity contribution in [3.05, 3.63) is 17.0 Å². The normalized spacial score (nSPS) is 11.0.